The van der Waals surface area contributed by atoms with Crippen molar-refractivity contribution in [3.05, 3.63) is 0 Å². The molecule has 3 nitrogen and oxygen atoms in total. The van der Waals surface area contributed by atoms with Crippen LogP contribution >= 0.6 is 0 Å². The van der Waals surface area contributed by atoms with Crippen LogP contribution in [0.15, 0.2) is 0 Å². The zero-order chi connectivity index (χ0) is 13.4. The van der Waals surface area contributed by atoms with E-state index in [1.54, 1.807) is 0 Å². The normalized spacial score (nSPS) is 39.2. The van der Waals surface area contributed by atoms with Crippen LogP contribution in [0, 0.1) is 5.41 Å². The van der Waals surface area contributed by atoms with Crippen LogP contribution in [0.3, 0.4) is 0 Å². The SMILES string of the molecule is CCC1CNC(C(C)(C)C)CN1C1(C)CCOC1. The number of hydrogen-bond donors (Lipinski definition) is 1. The molecule has 2 saturated heterocycles. The molecule has 3 atom stereocenters. The van der Waals surface area contributed by atoms with Gasteiger partial charge in [0.25, 0.3) is 0 Å². The maximum atomic E-state index is 5.66. The van der Waals surface area contributed by atoms with Gasteiger partial charge >= 0.3 is 0 Å². The van der Waals surface area contributed by atoms with Crippen molar-refractivity contribution < 1.29 is 4.74 Å². The number of nitrogens with zero attached hydrogens (tertiary/aromatic N) is 1. The molecule has 0 saturated carbocycles. The molecule has 0 aromatic carbocycles. The van der Waals surface area contributed by atoms with Gasteiger partial charge in [-0.15, -0.1) is 0 Å². The lowest BCUT2D eigenvalue weighted by Crippen LogP contribution is -2.66. The highest BCUT2D eigenvalue weighted by Gasteiger charge is 2.43. The molecule has 106 valence electrons. The quantitative estimate of drug-likeness (QED) is 0.818. The van der Waals surface area contributed by atoms with Gasteiger partial charge in [0.15, 0.2) is 0 Å². The lowest BCUT2D eigenvalue weighted by Gasteiger charge is -2.51. The van der Waals surface area contributed by atoms with Gasteiger partial charge in [-0.2, -0.15) is 0 Å². The Hall–Kier alpha value is -0.120. The molecule has 0 radical (unpaired) electrons. The summed E-state index contributed by atoms with van der Waals surface area (Å²) >= 11 is 0. The Morgan fingerprint density at radius 2 is 2.11 bits per heavy atom. The van der Waals surface area contributed by atoms with Crippen LogP contribution in [0.5, 0.6) is 0 Å². The largest absolute Gasteiger partial charge is 0.379 e. The molecule has 0 spiro atoms. The lowest BCUT2D eigenvalue weighted by atomic mass is 9.82. The maximum absolute atomic E-state index is 5.66. The number of hydrogen-bond acceptors (Lipinski definition) is 3. The fraction of sp³-hybridized carbons (Fsp3) is 1.00. The topological polar surface area (TPSA) is 24.5 Å². The summed E-state index contributed by atoms with van der Waals surface area (Å²) in [6.45, 7) is 15.8. The highest BCUT2D eigenvalue weighted by Crippen LogP contribution is 2.33. The molecule has 0 aromatic rings. The minimum Gasteiger partial charge on any atom is -0.379 e. The lowest BCUT2D eigenvalue weighted by molar-refractivity contribution is -0.00693. The average molecular weight is 254 g/mol. The molecule has 3 heteroatoms. The summed E-state index contributed by atoms with van der Waals surface area (Å²) in [6, 6.07) is 1.24. The average Bonchev–Trinajstić information content (AvgIpc) is 2.75. The number of rotatable bonds is 2. The number of nitrogens with one attached hydrogen (secondary N) is 1. The van der Waals surface area contributed by atoms with Crippen LogP contribution in [0.1, 0.15) is 47.5 Å². The first kappa shape index (κ1) is 14.3. The molecule has 0 bridgehead atoms. The predicted octanol–water partition coefficient (Wildman–Crippen LogP) is 2.26. The van der Waals surface area contributed by atoms with Crippen LogP contribution in [-0.4, -0.2) is 48.8 Å². The Morgan fingerprint density at radius 3 is 2.61 bits per heavy atom. The van der Waals surface area contributed by atoms with E-state index in [0.29, 0.717) is 17.5 Å². The second-order valence-electron chi connectivity index (χ2n) is 7.34. The standard InChI is InChI=1S/C15H30N2O/c1-6-12-9-16-13(14(2,3)4)10-17(12)15(5)7-8-18-11-15/h12-13,16H,6-11H2,1-5H3. The van der Waals surface area contributed by atoms with Gasteiger partial charge in [0.1, 0.15) is 0 Å². The van der Waals surface area contributed by atoms with Crippen molar-refractivity contribution in [2.75, 3.05) is 26.3 Å². The van der Waals surface area contributed by atoms with Crippen LogP contribution in [0.25, 0.3) is 0 Å². The predicted molar refractivity (Wildman–Crippen MR) is 75.9 cm³/mol. The summed E-state index contributed by atoms with van der Waals surface area (Å²) in [5.74, 6) is 0. The maximum Gasteiger partial charge on any atom is 0.0648 e. The van der Waals surface area contributed by atoms with Gasteiger partial charge in [-0.25, -0.2) is 0 Å². The zero-order valence-corrected chi connectivity index (χ0v) is 12.8. The molecule has 2 heterocycles. The second kappa shape index (κ2) is 5.10. The first-order chi connectivity index (χ1) is 8.37. The highest BCUT2D eigenvalue weighted by atomic mass is 16.5. The molecule has 2 aliphatic heterocycles. The van der Waals surface area contributed by atoms with E-state index in [-0.39, 0.29) is 5.54 Å². The monoisotopic (exact) mass is 254 g/mol. The van der Waals surface area contributed by atoms with Gasteiger partial charge in [0, 0.05) is 37.3 Å². The van der Waals surface area contributed by atoms with Crippen LogP contribution in [0.2, 0.25) is 0 Å². The van der Waals surface area contributed by atoms with Gasteiger partial charge in [-0.3, -0.25) is 4.90 Å². The molecule has 0 aliphatic carbocycles. The van der Waals surface area contributed by atoms with E-state index in [2.05, 4.69) is 44.8 Å². The molecule has 18 heavy (non-hydrogen) atoms. The zero-order valence-electron chi connectivity index (χ0n) is 12.8. The Balaban J connectivity index is 2.13. The number of piperazine rings is 1. The first-order valence-corrected chi connectivity index (χ1v) is 7.45. The fourth-order valence-corrected chi connectivity index (χ4v) is 3.29. The molecule has 1 N–H and O–H groups in total. The Morgan fingerprint density at radius 1 is 1.39 bits per heavy atom. The molecule has 0 amide bonds. The molecule has 0 aromatic heterocycles. The van der Waals surface area contributed by atoms with E-state index in [1.807, 2.05) is 0 Å². The van der Waals surface area contributed by atoms with Crippen LogP contribution in [0.4, 0.5) is 0 Å². The van der Waals surface area contributed by atoms with Crippen molar-refractivity contribution in [1.82, 2.24) is 10.2 Å². The van der Waals surface area contributed by atoms with E-state index >= 15 is 0 Å². The second-order valence-corrected chi connectivity index (χ2v) is 7.34. The van der Waals surface area contributed by atoms with Crippen molar-refractivity contribution in [3.8, 4) is 0 Å². The molecule has 2 rings (SSSR count). The van der Waals surface area contributed by atoms with Crippen molar-refractivity contribution >= 4 is 0 Å². The van der Waals surface area contributed by atoms with E-state index in [1.165, 1.54) is 12.8 Å². The summed E-state index contributed by atoms with van der Waals surface area (Å²) in [5.41, 5.74) is 0.582. The summed E-state index contributed by atoms with van der Waals surface area (Å²) in [5, 5.41) is 3.75. The van der Waals surface area contributed by atoms with Crippen molar-refractivity contribution in [2.24, 2.45) is 5.41 Å². The summed E-state index contributed by atoms with van der Waals surface area (Å²) in [7, 11) is 0. The molecular formula is C15H30N2O. The molecular weight excluding hydrogens is 224 g/mol. The van der Waals surface area contributed by atoms with Crippen LogP contribution in [-0.2, 0) is 4.74 Å². The Bertz CT molecular complexity index is 279. The summed E-state index contributed by atoms with van der Waals surface area (Å²) in [6.07, 6.45) is 2.40. The van der Waals surface area contributed by atoms with E-state index in [9.17, 15) is 0 Å². The van der Waals surface area contributed by atoms with E-state index in [0.717, 1.165) is 26.3 Å². The van der Waals surface area contributed by atoms with Gasteiger partial charge in [-0.1, -0.05) is 27.7 Å². The minimum absolute atomic E-state index is 0.256. The fourth-order valence-electron chi connectivity index (χ4n) is 3.29. The van der Waals surface area contributed by atoms with Gasteiger partial charge < -0.3 is 10.1 Å². The number of ether oxygens (including phenoxy) is 1. The van der Waals surface area contributed by atoms with Gasteiger partial charge in [-0.05, 0) is 25.2 Å². The summed E-state index contributed by atoms with van der Waals surface area (Å²) < 4.78 is 5.66. The Kier molecular flexibility index (Phi) is 4.05. The Labute approximate surface area is 112 Å². The first-order valence-electron chi connectivity index (χ1n) is 7.45. The third-order valence-electron chi connectivity index (χ3n) is 4.83. The third kappa shape index (κ3) is 2.73. The molecule has 2 aliphatic rings. The third-order valence-corrected chi connectivity index (χ3v) is 4.83. The van der Waals surface area contributed by atoms with E-state index in [4.69, 9.17) is 4.74 Å². The smallest absolute Gasteiger partial charge is 0.0648 e. The van der Waals surface area contributed by atoms with Gasteiger partial charge in [0.05, 0.1) is 6.61 Å². The van der Waals surface area contributed by atoms with Gasteiger partial charge in [0.2, 0.25) is 0 Å². The van der Waals surface area contributed by atoms with Crippen LogP contribution < -0.4 is 5.32 Å². The van der Waals surface area contributed by atoms with Crippen molar-refractivity contribution in [3.63, 3.8) is 0 Å². The molecule has 3 unspecified atom stereocenters. The van der Waals surface area contributed by atoms with Crippen molar-refractivity contribution in [2.45, 2.75) is 65.1 Å². The highest BCUT2D eigenvalue weighted by molar-refractivity contribution is 5.00. The minimum atomic E-state index is 0.256. The van der Waals surface area contributed by atoms with Crippen molar-refractivity contribution in [1.29, 1.82) is 0 Å². The van der Waals surface area contributed by atoms with E-state index < -0.39 is 0 Å². The molecule has 2 fully saturated rings. The summed E-state index contributed by atoms with van der Waals surface area (Å²) in [4.78, 5) is 2.73.